The molecular weight excluding hydrogens is 643 g/mol. The van der Waals surface area contributed by atoms with Crippen molar-refractivity contribution in [2.45, 2.75) is 18.6 Å². The Hall–Kier alpha value is -3.95. The zero-order chi connectivity index (χ0) is 24.1. The third kappa shape index (κ3) is 4.20. The number of fused-ring (bicyclic) bond motifs is 6. The van der Waals surface area contributed by atoms with Crippen molar-refractivity contribution in [3.8, 4) is 17.4 Å². The summed E-state index contributed by atoms with van der Waals surface area (Å²) >= 11 is 0. The van der Waals surface area contributed by atoms with Gasteiger partial charge in [0, 0.05) is 38.3 Å². The minimum absolute atomic E-state index is 0. The van der Waals surface area contributed by atoms with Crippen molar-refractivity contribution in [2.75, 3.05) is 0 Å². The maximum absolute atomic E-state index is 10.2. The van der Waals surface area contributed by atoms with Gasteiger partial charge in [0.25, 0.3) is 0 Å². The fourth-order valence-electron chi connectivity index (χ4n) is 5.09. The molecule has 4 aromatic carbocycles. The summed E-state index contributed by atoms with van der Waals surface area (Å²) in [6.45, 7) is 0. The van der Waals surface area contributed by atoms with Gasteiger partial charge in [-0.2, -0.15) is 0 Å². The van der Waals surface area contributed by atoms with Crippen molar-refractivity contribution in [3.63, 3.8) is 0 Å². The van der Waals surface area contributed by atoms with Gasteiger partial charge < -0.3 is 14.6 Å². The number of nitrogens with zero attached hydrogens (tertiary/aromatic N) is 2. The van der Waals surface area contributed by atoms with Gasteiger partial charge in [0.15, 0.2) is 0 Å². The molecule has 0 saturated heterocycles. The maximum atomic E-state index is 10.2. The van der Waals surface area contributed by atoms with Gasteiger partial charge in [-0.05, 0) is 40.8 Å². The first-order valence-electron chi connectivity index (χ1n) is 11.9. The number of phenols is 1. The second-order valence-electron chi connectivity index (χ2n) is 9.02. The SMILES string of the molecule is Oc1cccc2ccc(Oc3[c-]c(C4=N[C@H]5c6ccccc6Cc6ccccc6[C@H]5O4)ccc3)nc12.[Pt]. The second-order valence-corrected chi connectivity index (χ2v) is 9.02. The monoisotopic (exact) mass is 664 g/mol. The Morgan fingerprint density at radius 3 is 2.43 bits per heavy atom. The average Bonchev–Trinajstić information content (AvgIpc) is 3.30. The van der Waals surface area contributed by atoms with Crippen molar-refractivity contribution in [2.24, 2.45) is 4.99 Å². The van der Waals surface area contributed by atoms with E-state index < -0.39 is 0 Å². The van der Waals surface area contributed by atoms with Crippen LogP contribution >= 0.6 is 0 Å². The Bertz CT molecular complexity index is 1670. The van der Waals surface area contributed by atoms with Crippen LogP contribution in [0.4, 0.5) is 0 Å². The predicted molar refractivity (Wildman–Crippen MR) is 138 cm³/mol. The van der Waals surface area contributed by atoms with Crippen LogP contribution in [0.2, 0.25) is 0 Å². The van der Waals surface area contributed by atoms with E-state index in [9.17, 15) is 5.11 Å². The molecule has 1 aliphatic heterocycles. The van der Waals surface area contributed by atoms with E-state index in [2.05, 4.69) is 59.6 Å². The van der Waals surface area contributed by atoms with E-state index in [0.717, 1.165) is 17.4 Å². The summed E-state index contributed by atoms with van der Waals surface area (Å²) in [6, 6.07) is 34.7. The van der Waals surface area contributed by atoms with Crippen molar-refractivity contribution >= 4 is 16.8 Å². The summed E-state index contributed by atoms with van der Waals surface area (Å²) in [7, 11) is 0. The van der Waals surface area contributed by atoms with Gasteiger partial charge in [-0.1, -0.05) is 72.3 Å². The molecule has 0 bridgehead atoms. The van der Waals surface area contributed by atoms with Gasteiger partial charge >= 0.3 is 0 Å². The number of ether oxygens (including phenoxy) is 2. The molecular formula is C31H21N2O3Pt-. The normalized spacial score (nSPS) is 17.4. The van der Waals surface area contributed by atoms with Crippen LogP contribution in [0.3, 0.4) is 0 Å². The number of para-hydroxylation sites is 1. The van der Waals surface area contributed by atoms with E-state index in [-0.39, 0.29) is 39.0 Å². The van der Waals surface area contributed by atoms with Crippen LogP contribution in [0.1, 0.15) is 40.0 Å². The smallest absolute Gasteiger partial charge is 0.217 e. The molecule has 37 heavy (non-hydrogen) atoms. The number of rotatable bonds is 3. The first kappa shape index (κ1) is 23.4. The zero-order valence-electron chi connectivity index (χ0n) is 19.6. The molecule has 5 nitrogen and oxygen atoms in total. The van der Waals surface area contributed by atoms with Crippen LogP contribution in [-0.4, -0.2) is 16.0 Å². The largest absolute Gasteiger partial charge is 0.510 e. The zero-order valence-corrected chi connectivity index (χ0v) is 21.8. The Labute approximate surface area is 228 Å². The number of aliphatic imine (C=N–C) groups is 1. The molecule has 0 fully saturated rings. The molecule has 1 aliphatic carbocycles. The van der Waals surface area contributed by atoms with E-state index in [1.54, 1.807) is 18.2 Å². The number of aromatic hydroxyl groups is 1. The van der Waals surface area contributed by atoms with E-state index in [4.69, 9.17) is 14.5 Å². The summed E-state index contributed by atoms with van der Waals surface area (Å²) < 4.78 is 12.5. The van der Waals surface area contributed by atoms with E-state index >= 15 is 0 Å². The Kier molecular flexibility index (Phi) is 6.02. The van der Waals surface area contributed by atoms with Crippen LogP contribution in [0.25, 0.3) is 10.9 Å². The van der Waals surface area contributed by atoms with Crippen LogP contribution in [0, 0.1) is 6.07 Å². The van der Waals surface area contributed by atoms with Crippen molar-refractivity contribution in [3.05, 3.63) is 131 Å². The average molecular weight is 665 g/mol. The number of benzene rings is 4. The van der Waals surface area contributed by atoms with Gasteiger partial charge in [0.2, 0.25) is 5.88 Å². The number of phenolic OH excluding ortho intramolecular Hbond substituents is 1. The van der Waals surface area contributed by atoms with Crippen LogP contribution in [-0.2, 0) is 32.2 Å². The topological polar surface area (TPSA) is 63.9 Å². The van der Waals surface area contributed by atoms with Crippen LogP contribution in [0.5, 0.6) is 17.4 Å². The molecule has 184 valence electrons. The summed E-state index contributed by atoms with van der Waals surface area (Å²) in [4.78, 5) is 9.50. The first-order valence-corrected chi connectivity index (χ1v) is 11.9. The molecule has 0 spiro atoms. The van der Waals surface area contributed by atoms with Gasteiger partial charge in [0.05, 0.1) is 0 Å². The third-order valence-electron chi connectivity index (χ3n) is 6.78. The van der Waals surface area contributed by atoms with E-state index in [0.29, 0.717) is 23.0 Å². The quantitative estimate of drug-likeness (QED) is 0.219. The summed E-state index contributed by atoms with van der Waals surface area (Å²) in [5.41, 5.74) is 6.12. The van der Waals surface area contributed by atoms with Gasteiger partial charge in [-0.25, -0.2) is 4.98 Å². The molecule has 5 aromatic rings. The van der Waals surface area contributed by atoms with Crippen LogP contribution in [0.15, 0.2) is 102 Å². The predicted octanol–water partition coefficient (Wildman–Crippen LogP) is 6.69. The second kappa shape index (κ2) is 9.49. The number of hydrogen-bond donors (Lipinski definition) is 1. The van der Waals surface area contributed by atoms with Gasteiger partial charge in [0.1, 0.15) is 29.3 Å². The number of hydrogen-bond acceptors (Lipinski definition) is 5. The summed E-state index contributed by atoms with van der Waals surface area (Å²) in [5.74, 6) is 1.53. The number of aromatic nitrogens is 1. The minimum atomic E-state index is -0.192. The molecule has 2 aliphatic rings. The summed E-state index contributed by atoms with van der Waals surface area (Å²) in [6.07, 6.45) is 0.681. The summed E-state index contributed by atoms with van der Waals surface area (Å²) in [5, 5.41) is 11.0. The number of pyridine rings is 1. The Morgan fingerprint density at radius 1 is 0.811 bits per heavy atom. The van der Waals surface area contributed by atoms with Crippen LogP contribution < -0.4 is 4.74 Å². The minimum Gasteiger partial charge on any atom is -0.510 e. The van der Waals surface area contributed by atoms with Crippen molar-refractivity contribution in [1.82, 2.24) is 4.98 Å². The molecule has 0 amide bonds. The third-order valence-corrected chi connectivity index (χ3v) is 6.78. The Morgan fingerprint density at radius 2 is 1.57 bits per heavy atom. The van der Waals surface area contributed by atoms with Gasteiger partial charge in [-0.3, -0.25) is 4.99 Å². The molecule has 0 radical (unpaired) electrons. The molecule has 0 unspecified atom stereocenters. The molecule has 6 heteroatoms. The fourth-order valence-corrected chi connectivity index (χ4v) is 5.09. The van der Waals surface area contributed by atoms with Crippen molar-refractivity contribution in [1.29, 1.82) is 0 Å². The molecule has 1 N–H and O–H groups in total. The van der Waals surface area contributed by atoms with E-state index in [1.807, 2.05) is 30.3 Å². The molecule has 0 saturated carbocycles. The molecule has 2 atom stereocenters. The molecule has 7 rings (SSSR count). The standard InChI is InChI=1S/C31H21N2O3.Pt/c34-26-14-6-9-19-15-16-27(32-28(19)26)35-23-11-5-10-22(18-23)31-33-29-24-12-3-1-7-20(24)17-21-8-2-4-13-25(21)30(29)36-31;/h1-16,29-30,34H,17H2;/q-1;/t29-,30+;/m0./s1. The Balaban J connectivity index is 0.00000252. The maximum Gasteiger partial charge on any atom is 0.217 e. The van der Waals surface area contributed by atoms with Crippen molar-refractivity contribution < 1.29 is 35.6 Å². The molecule has 2 heterocycles. The first-order chi connectivity index (χ1) is 17.7. The fraction of sp³-hybridized carbons (Fsp3) is 0.0968. The molecule has 1 aromatic heterocycles. The van der Waals surface area contributed by atoms with E-state index in [1.165, 1.54) is 22.3 Å². The van der Waals surface area contributed by atoms with Gasteiger partial charge in [-0.15, -0.1) is 18.2 Å².